The molecule has 2 fully saturated rings. The van der Waals surface area contributed by atoms with Crippen molar-refractivity contribution in [3.63, 3.8) is 0 Å². The number of ether oxygens (including phenoxy) is 1. The largest absolute Gasteiger partial charge is 0.456 e. The normalized spacial score (nSPS) is 25.1. The second-order valence-electron chi connectivity index (χ2n) is 5.94. The van der Waals surface area contributed by atoms with E-state index in [2.05, 4.69) is 6.58 Å². The van der Waals surface area contributed by atoms with Gasteiger partial charge in [0, 0.05) is 6.08 Å². The minimum absolute atomic E-state index is 0.164. The Labute approximate surface area is 111 Å². The summed E-state index contributed by atoms with van der Waals surface area (Å²) in [6.07, 6.45) is 14.9. The van der Waals surface area contributed by atoms with Gasteiger partial charge in [-0.3, -0.25) is 0 Å². The smallest absolute Gasteiger partial charge is 0.330 e. The predicted octanol–water partition coefficient (Wildman–Crippen LogP) is 4.39. The lowest BCUT2D eigenvalue weighted by atomic mass is 9.73. The van der Waals surface area contributed by atoms with Crippen molar-refractivity contribution in [1.29, 1.82) is 0 Å². The van der Waals surface area contributed by atoms with Crippen LogP contribution in [0.3, 0.4) is 0 Å². The standard InChI is InChI=1S/C16H26O2/c1-2-15(17)18-16(12-8-3-4-9-13-16)14-10-6-5-7-11-14/h2,14H,1,3-13H2. The first-order chi connectivity index (χ1) is 8.77. The van der Waals surface area contributed by atoms with Gasteiger partial charge in [-0.15, -0.1) is 0 Å². The van der Waals surface area contributed by atoms with E-state index in [0.29, 0.717) is 5.92 Å². The highest BCUT2D eigenvalue weighted by molar-refractivity contribution is 5.81. The van der Waals surface area contributed by atoms with E-state index in [1.807, 2.05) is 0 Å². The lowest BCUT2D eigenvalue weighted by molar-refractivity contribution is -0.164. The Balaban J connectivity index is 2.13. The molecule has 0 atom stereocenters. The van der Waals surface area contributed by atoms with Crippen molar-refractivity contribution in [3.05, 3.63) is 12.7 Å². The van der Waals surface area contributed by atoms with Crippen LogP contribution >= 0.6 is 0 Å². The van der Waals surface area contributed by atoms with Crippen molar-refractivity contribution < 1.29 is 9.53 Å². The Morgan fingerprint density at radius 3 is 2.11 bits per heavy atom. The van der Waals surface area contributed by atoms with E-state index in [9.17, 15) is 4.79 Å². The molecule has 18 heavy (non-hydrogen) atoms. The average Bonchev–Trinajstić information content (AvgIpc) is 2.66. The summed E-state index contributed by atoms with van der Waals surface area (Å²) in [7, 11) is 0. The molecule has 0 heterocycles. The summed E-state index contributed by atoms with van der Waals surface area (Å²) in [6, 6.07) is 0. The predicted molar refractivity (Wildman–Crippen MR) is 73.3 cm³/mol. The van der Waals surface area contributed by atoms with Gasteiger partial charge in [-0.25, -0.2) is 4.79 Å². The van der Waals surface area contributed by atoms with Crippen LogP contribution in [0.2, 0.25) is 0 Å². The van der Waals surface area contributed by atoms with Crippen LogP contribution in [0, 0.1) is 5.92 Å². The summed E-state index contributed by atoms with van der Waals surface area (Å²) in [5.74, 6) is 0.371. The van der Waals surface area contributed by atoms with Gasteiger partial charge in [-0.2, -0.15) is 0 Å². The maximum Gasteiger partial charge on any atom is 0.330 e. The Kier molecular flexibility index (Phi) is 4.85. The first-order valence-electron chi connectivity index (χ1n) is 7.62. The SMILES string of the molecule is C=CC(=O)OC1(C2CCCCC2)CCCCCC1. The van der Waals surface area contributed by atoms with Crippen LogP contribution in [0.5, 0.6) is 0 Å². The molecule has 2 heteroatoms. The summed E-state index contributed by atoms with van der Waals surface area (Å²) in [5, 5.41) is 0. The summed E-state index contributed by atoms with van der Waals surface area (Å²) >= 11 is 0. The second-order valence-corrected chi connectivity index (χ2v) is 5.94. The Hall–Kier alpha value is -0.790. The molecule has 0 amide bonds. The van der Waals surface area contributed by atoms with Crippen LogP contribution in [0.4, 0.5) is 0 Å². The highest BCUT2D eigenvalue weighted by Gasteiger charge is 2.42. The summed E-state index contributed by atoms with van der Waals surface area (Å²) in [4.78, 5) is 11.7. The zero-order chi connectivity index (χ0) is 12.8. The van der Waals surface area contributed by atoms with Crippen molar-refractivity contribution in [1.82, 2.24) is 0 Å². The fourth-order valence-electron chi connectivity index (χ4n) is 3.79. The fourth-order valence-corrected chi connectivity index (χ4v) is 3.79. The van der Waals surface area contributed by atoms with Crippen molar-refractivity contribution in [2.75, 3.05) is 0 Å². The molecule has 0 aromatic heterocycles. The molecule has 0 unspecified atom stereocenters. The van der Waals surface area contributed by atoms with E-state index >= 15 is 0 Å². The highest BCUT2D eigenvalue weighted by Crippen LogP contribution is 2.43. The van der Waals surface area contributed by atoms with Gasteiger partial charge in [0.15, 0.2) is 0 Å². The summed E-state index contributed by atoms with van der Waals surface area (Å²) < 4.78 is 5.89. The number of hydrogen-bond acceptors (Lipinski definition) is 2. The Morgan fingerprint density at radius 1 is 1.00 bits per heavy atom. The lowest BCUT2D eigenvalue weighted by Crippen LogP contribution is -2.43. The molecule has 0 aromatic rings. The monoisotopic (exact) mass is 250 g/mol. The third-order valence-corrected chi connectivity index (χ3v) is 4.77. The summed E-state index contributed by atoms with van der Waals surface area (Å²) in [5.41, 5.74) is -0.164. The Bertz CT molecular complexity index is 281. The van der Waals surface area contributed by atoms with Crippen LogP contribution in [0.1, 0.15) is 70.6 Å². The zero-order valence-corrected chi connectivity index (χ0v) is 11.5. The number of hydrogen-bond donors (Lipinski definition) is 0. The van der Waals surface area contributed by atoms with Gasteiger partial charge in [0.1, 0.15) is 5.60 Å². The average molecular weight is 250 g/mol. The van der Waals surface area contributed by atoms with E-state index < -0.39 is 0 Å². The quantitative estimate of drug-likeness (QED) is 0.422. The number of carbonyl (C=O) groups is 1. The minimum Gasteiger partial charge on any atom is -0.456 e. The second kappa shape index (κ2) is 6.40. The van der Waals surface area contributed by atoms with Crippen LogP contribution in [0.25, 0.3) is 0 Å². The highest BCUT2D eigenvalue weighted by atomic mass is 16.6. The first-order valence-corrected chi connectivity index (χ1v) is 7.62. The van der Waals surface area contributed by atoms with Crippen molar-refractivity contribution >= 4 is 5.97 Å². The van der Waals surface area contributed by atoms with Gasteiger partial charge in [-0.1, -0.05) is 38.7 Å². The van der Waals surface area contributed by atoms with Gasteiger partial charge in [-0.05, 0) is 44.4 Å². The molecule has 0 aromatic carbocycles. The van der Waals surface area contributed by atoms with Gasteiger partial charge in [0.05, 0.1) is 0 Å². The van der Waals surface area contributed by atoms with Crippen molar-refractivity contribution in [2.45, 2.75) is 76.2 Å². The first kappa shape index (κ1) is 13.6. The van der Waals surface area contributed by atoms with E-state index in [-0.39, 0.29) is 11.6 Å². The third kappa shape index (κ3) is 3.15. The van der Waals surface area contributed by atoms with Gasteiger partial charge >= 0.3 is 5.97 Å². The fraction of sp³-hybridized carbons (Fsp3) is 0.812. The molecule has 0 spiro atoms. The van der Waals surface area contributed by atoms with Crippen molar-refractivity contribution in [3.8, 4) is 0 Å². The van der Waals surface area contributed by atoms with Gasteiger partial charge in [0.2, 0.25) is 0 Å². The molecular weight excluding hydrogens is 224 g/mol. The molecule has 0 aliphatic heterocycles. The lowest BCUT2D eigenvalue weighted by Gasteiger charge is -2.41. The van der Waals surface area contributed by atoms with Crippen molar-refractivity contribution in [2.24, 2.45) is 5.92 Å². The molecule has 2 aliphatic rings. The molecule has 0 N–H and O–H groups in total. The maximum absolute atomic E-state index is 11.7. The van der Waals surface area contributed by atoms with E-state index in [1.54, 1.807) is 0 Å². The molecule has 102 valence electrons. The molecule has 2 rings (SSSR count). The third-order valence-electron chi connectivity index (χ3n) is 4.77. The number of carbonyl (C=O) groups excluding carboxylic acids is 1. The molecule has 2 nitrogen and oxygen atoms in total. The van der Waals surface area contributed by atoms with Gasteiger partial charge < -0.3 is 4.74 Å². The molecule has 0 saturated heterocycles. The molecule has 0 radical (unpaired) electrons. The van der Waals surface area contributed by atoms with E-state index in [0.717, 1.165) is 12.8 Å². The van der Waals surface area contributed by atoms with Crippen LogP contribution in [0.15, 0.2) is 12.7 Å². The van der Waals surface area contributed by atoms with Crippen LogP contribution < -0.4 is 0 Å². The van der Waals surface area contributed by atoms with E-state index in [1.165, 1.54) is 63.9 Å². The summed E-state index contributed by atoms with van der Waals surface area (Å²) in [6.45, 7) is 3.55. The Morgan fingerprint density at radius 2 is 1.56 bits per heavy atom. The molecule has 0 bridgehead atoms. The maximum atomic E-state index is 11.7. The van der Waals surface area contributed by atoms with E-state index in [4.69, 9.17) is 4.74 Å². The van der Waals surface area contributed by atoms with Gasteiger partial charge in [0.25, 0.3) is 0 Å². The zero-order valence-electron chi connectivity index (χ0n) is 11.5. The molecule has 2 aliphatic carbocycles. The topological polar surface area (TPSA) is 26.3 Å². The number of esters is 1. The van der Waals surface area contributed by atoms with Crippen LogP contribution in [-0.2, 0) is 9.53 Å². The van der Waals surface area contributed by atoms with Crippen LogP contribution in [-0.4, -0.2) is 11.6 Å². The minimum atomic E-state index is -0.220. The molecular formula is C16H26O2. The molecule has 2 saturated carbocycles. The number of rotatable bonds is 3.